The zero-order chi connectivity index (χ0) is 18.9. The molecule has 0 saturated carbocycles. The minimum Gasteiger partial charge on any atom is -0.476 e. The van der Waals surface area contributed by atoms with E-state index in [1.54, 1.807) is 12.1 Å². The van der Waals surface area contributed by atoms with Gasteiger partial charge in [0.15, 0.2) is 6.10 Å². The molecule has 2 aromatic carbocycles. The highest BCUT2D eigenvalue weighted by Gasteiger charge is 2.35. The smallest absolute Gasteiger partial charge is 0.263 e. The Morgan fingerprint density at radius 3 is 2.62 bits per heavy atom. The first-order valence-corrected chi connectivity index (χ1v) is 10.2. The Kier molecular flexibility index (Phi) is 5.11. The van der Waals surface area contributed by atoms with Crippen molar-refractivity contribution in [2.45, 2.75) is 19.6 Å². The summed E-state index contributed by atoms with van der Waals surface area (Å²) in [6, 6.07) is 12.4. The molecule has 1 aliphatic rings. The Morgan fingerprint density at radius 1 is 1.27 bits per heavy atom. The predicted octanol–water partition coefficient (Wildman–Crippen LogP) is 2.49. The van der Waals surface area contributed by atoms with Crippen molar-refractivity contribution >= 4 is 33.2 Å². The zero-order valence-electron chi connectivity index (χ0n) is 14.4. The lowest BCUT2D eigenvalue weighted by molar-refractivity contribution is -0.127. The zero-order valence-corrected chi connectivity index (χ0v) is 16.0. The van der Waals surface area contributed by atoms with E-state index in [-0.39, 0.29) is 12.5 Å². The monoisotopic (exact) mass is 394 g/mol. The number of halogens is 1. The summed E-state index contributed by atoms with van der Waals surface area (Å²) < 4.78 is 31.1. The number of nitrogens with zero attached hydrogens (tertiary/aromatic N) is 1. The normalized spacial score (nSPS) is 16.6. The van der Waals surface area contributed by atoms with Crippen LogP contribution < -0.4 is 14.4 Å². The topological polar surface area (TPSA) is 75.7 Å². The van der Waals surface area contributed by atoms with Gasteiger partial charge >= 0.3 is 0 Å². The van der Waals surface area contributed by atoms with Gasteiger partial charge in [0.05, 0.1) is 18.5 Å². The number of ether oxygens (including phenoxy) is 1. The molecule has 8 heteroatoms. The molecule has 0 fully saturated rings. The van der Waals surface area contributed by atoms with Crippen LogP contribution in [0.3, 0.4) is 0 Å². The molecule has 26 heavy (non-hydrogen) atoms. The first-order chi connectivity index (χ1) is 12.2. The van der Waals surface area contributed by atoms with E-state index in [0.29, 0.717) is 23.0 Å². The van der Waals surface area contributed by atoms with Crippen LogP contribution >= 0.6 is 11.6 Å². The number of hydrogen-bond donors (Lipinski definition) is 1. The molecule has 0 radical (unpaired) electrons. The number of nitrogens with one attached hydrogen (secondary N) is 1. The van der Waals surface area contributed by atoms with E-state index in [1.807, 2.05) is 31.2 Å². The van der Waals surface area contributed by atoms with E-state index in [1.165, 1.54) is 6.07 Å². The SMILES string of the molecule is Cc1ccc(CNC(=O)[C@@H]2CN(S(C)(=O)=O)c3cc(Cl)ccc3O2)cc1. The highest BCUT2D eigenvalue weighted by atomic mass is 35.5. The number of rotatable bonds is 4. The van der Waals surface area contributed by atoms with Crippen molar-refractivity contribution in [3.05, 3.63) is 58.6 Å². The lowest BCUT2D eigenvalue weighted by atomic mass is 10.1. The molecule has 6 nitrogen and oxygen atoms in total. The third-order valence-electron chi connectivity index (χ3n) is 4.07. The summed E-state index contributed by atoms with van der Waals surface area (Å²) in [5.41, 5.74) is 2.42. The van der Waals surface area contributed by atoms with Crippen LogP contribution in [0.25, 0.3) is 0 Å². The van der Waals surface area contributed by atoms with Gasteiger partial charge < -0.3 is 10.1 Å². The molecule has 0 unspecified atom stereocenters. The van der Waals surface area contributed by atoms with Crippen LogP contribution in [0, 0.1) is 6.92 Å². The van der Waals surface area contributed by atoms with Crippen LogP contribution in [-0.4, -0.2) is 33.2 Å². The fraction of sp³-hybridized carbons (Fsp3) is 0.278. The molecule has 3 rings (SSSR count). The fourth-order valence-electron chi connectivity index (χ4n) is 2.68. The molecule has 1 heterocycles. The third-order valence-corrected chi connectivity index (χ3v) is 5.45. The summed E-state index contributed by atoms with van der Waals surface area (Å²) in [6.45, 7) is 2.22. The Hall–Kier alpha value is -2.25. The lowest BCUT2D eigenvalue weighted by Crippen LogP contribution is -2.50. The summed E-state index contributed by atoms with van der Waals surface area (Å²) in [7, 11) is -3.58. The Morgan fingerprint density at radius 2 is 1.96 bits per heavy atom. The van der Waals surface area contributed by atoms with Crippen LogP contribution in [-0.2, 0) is 21.4 Å². The van der Waals surface area contributed by atoms with Gasteiger partial charge in [-0.05, 0) is 30.7 Å². The summed E-state index contributed by atoms with van der Waals surface area (Å²) in [5.74, 6) is -0.0682. The van der Waals surface area contributed by atoms with Crippen LogP contribution in [0.5, 0.6) is 5.75 Å². The number of carbonyl (C=O) groups is 1. The molecule has 2 aromatic rings. The fourth-order valence-corrected chi connectivity index (χ4v) is 3.76. The molecule has 1 aliphatic heterocycles. The van der Waals surface area contributed by atoms with Gasteiger partial charge in [0.2, 0.25) is 10.0 Å². The van der Waals surface area contributed by atoms with Crippen molar-refractivity contribution in [1.82, 2.24) is 5.32 Å². The molecule has 0 spiro atoms. The van der Waals surface area contributed by atoms with Gasteiger partial charge in [-0.15, -0.1) is 0 Å². The summed E-state index contributed by atoms with van der Waals surface area (Å²) >= 11 is 5.96. The van der Waals surface area contributed by atoms with Crippen molar-refractivity contribution in [3.63, 3.8) is 0 Å². The second-order valence-corrected chi connectivity index (χ2v) is 8.56. The number of amides is 1. The minimum atomic E-state index is -3.58. The maximum absolute atomic E-state index is 12.5. The highest BCUT2D eigenvalue weighted by Crippen LogP contribution is 2.37. The number of hydrogen-bond acceptors (Lipinski definition) is 4. The maximum atomic E-state index is 12.5. The summed E-state index contributed by atoms with van der Waals surface area (Å²) in [5, 5.41) is 3.18. The van der Waals surface area contributed by atoms with Gasteiger partial charge in [-0.1, -0.05) is 41.4 Å². The molecular formula is C18H19ClN2O4S. The van der Waals surface area contributed by atoms with E-state index < -0.39 is 16.1 Å². The van der Waals surface area contributed by atoms with E-state index in [9.17, 15) is 13.2 Å². The van der Waals surface area contributed by atoms with Crippen molar-refractivity contribution in [3.8, 4) is 5.75 Å². The lowest BCUT2D eigenvalue weighted by Gasteiger charge is -2.34. The first-order valence-electron chi connectivity index (χ1n) is 8.01. The molecule has 1 N–H and O–H groups in total. The van der Waals surface area contributed by atoms with E-state index in [2.05, 4.69) is 5.32 Å². The van der Waals surface area contributed by atoms with Crippen LogP contribution in [0.2, 0.25) is 5.02 Å². The molecule has 0 aliphatic carbocycles. The number of anilines is 1. The molecule has 0 saturated heterocycles. The average molecular weight is 395 g/mol. The maximum Gasteiger partial charge on any atom is 0.263 e. The van der Waals surface area contributed by atoms with Gasteiger partial charge in [-0.3, -0.25) is 9.10 Å². The number of aryl methyl sites for hydroxylation is 1. The van der Waals surface area contributed by atoms with Crippen molar-refractivity contribution < 1.29 is 17.9 Å². The van der Waals surface area contributed by atoms with Crippen LogP contribution in [0.15, 0.2) is 42.5 Å². The summed E-state index contributed by atoms with van der Waals surface area (Å²) in [6.07, 6.45) is 0.147. The Balaban J connectivity index is 1.77. The molecular weight excluding hydrogens is 376 g/mol. The molecule has 138 valence electrons. The minimum absolute atomic E-state index is 0.105. The number of fused-ring (bicyclic) bond motifs is 1. The van der Waals surface area contributed by atoms with E-state index in [0.717, 1.165) is 21.7 Å². The number of carbonyl (C=O) groups excluding carboxylic acids is 1. The molecule has 0 bridgehead atoms. The van der Waals surface area contributed by atoms with Gasteiger partial charge in [-0.2, -0.15) is 0 Å². The van der Waals surface area contributed by atoms with Crippen molar-refractivity contribution in [2.75, 3.05) is 17.1 Å². The quantitative estimate of drug-likeness (QED) is 0.864. The second kappa shape index (κ2) is 7.17. The van der Waals surface area contributed by atoms with Crippen LogP contribution in [0.4, 0.5) is 5.69 Å². The number of sulfonamides is 1. The third kappa shape index (κ3) is 4.11. The predicted molar refractivity (Wildman–Crippen MR) is 101 cm³/mol. The summed E-state index contributed by atoms with van der Waals surface area (Å²) in [4.78, 5) is 12.5. The molecule has 1 atom stereocenters. The molecule has 0 aromatic heterocycles. The van der Waals surface area contributed by atoms with Gasteiger partial charge in [-0.25, -0.2) is 8.42 Å². The van der Waals surface area contributed by atoms with E-state index in [4.69, 9.17) is 16.3 Å². The van der Waals surface area contributed by atoms with Gasteiger partial charge in [0, 0.05) is 11.6 Å². The van der Waals surface area contributed by atoms with Crippen molar-refractivity contribution in [1.29, 1.82) is 0 Å². The largest absolute Gasteiger partial charge is 0.476 e. The van der Waals surface area contributed by atoms with Crippen molar-refractivity contribution in [2.24, 2.45) is 0 Å². The first kappa shape index (κ1) is 18.5. The van der Waals surface area contributed by atoms with Gasteiger partial charge in [0.25, 0.3) is 5.91 Å². The van der Waals surface area contributed by atoms with Crippen LogP contribution in [0.1, 0.15) is 11.1 Å². The number of benzene rings is 2. The van der Waals surface area contributed by atoms with Gasteiger partial charge in [0.1, 0.15) is 5.75 Å². The highest BCUT2D eigenvalue weighted by molar-refractivity contribution is 7.92. The second-order valence-electron chi connectivity index (χ2n) is 6.22. The van der Waals surface area contributed by atoms with E-state index >= 15 is 0 Å². The average Bonchev–Trinajstić information content (AvgIpc) is 2.59. The standard InChI is InChI=1S/C18H19ClN2O4S/c1-12-3-5-13(6-4-12)10-20-18(22)17-11-21(26(2,23)24)15-9-14(19)7-8-16(15)25-17/h3-9,17H,10-11H2,1-2H3,(H,20,22)/t17-/m0/s1. The Labute approximate surface area is 157 Å². The Bertz CT molecular complexity index is 929. The molecule has 1 amide bonds.